The molecule has 0 N–H and O–H groups in total. The van der Waals surface area contributed by atoms with Crippen molar-refractivity contribution < 1.29 is 9.66 Å². The number of non-ortho nitro benzene ring substituents is 1. The first-order chi connectivity index (χ1) is 8.54. The van der Waals surface area contributed by atoms with Gasteiger partial charge in [0, 0.05) is 18.2 Å². The van der Waals surface area contributed by atoms with Crippen molar-refractivity contribution in [3.63, 3.8) is 0 Å². The van der Waals surface area contributed by atoms with E-state index < -0.39 is 4.92 Å². The summed E-state index contributed by atoms with van der Waals surface area (Å²) in [5, 5.41) is 10.8. The van der Waals surface area contributed by atoms with Crippen molar-refractivity contribution in [3.05, 3.63) is 50.8 Å². The summed E-state index contributed by atoms with van der Waals surface area (Å²) in [6.07, 6.45) is 0. The second-order valence-electron chi connectivity index (χ2n) is 3.15. The number of hydrogen-bond donors (Lipinski definition) is 0. The van der Waals surface area contributed by atoms with Crippen molar-refractivity contribution in [2.75, 3.05) is 0 Å². The number of nitro groups is 1. The Morgan fingerprint density at radius 1 is 1.11 bits per heavy atom. The van der Waals surface area contributed by atoms with Crippen LogP contribution in [0, 0.1) is 10.1 Å². The molecule has 1 aromatic heterocycles. The summed E-state index contributed by atoms with van der Waals surface area (Å²) in [7, 11) is 0. The lowest BCUT2D eigenvalue weighted by atomic mass is 10.3. The Morgan fingerprint density at radius 2 is 1.67 bits per heavy atom. The molecule has 0 bridgehead atoms. The average molecular weight is 286 g/mol. The molecule has 92 valence electrons. The standard InChI is InChI=1S/C10H5Cl2N3O3/c11-8-5-9(12)14-10(13-8)18-7-3-1-6(2-4-7)15(16)17/h1-5H. The van der Waals surface area contributed by atoms with Gasteiger partial charge in [-0.2, -0.15) is 9.97 Å². The van der Waals surface area contributed by atoms with Gasteiger partial charge in [0.25, 0.3) is 5.69 Å². The summed E-state index contributed by atoms with van der Waals surface area (Å²) in [5.74, 6) is 0.346. The molecule has 0 aliphatic carbocycles. The largest absolute Gasteiger partial charge is 0.424 e. The lowest BCUT2D eigenvalue weighted by molar-refractivity contribution is -0.384. The molecule has 0 saturated carbocycles. The minimum absolute atomic E-state index is 0.0265. The third kappa shape index (κ3) is 3.06. The zero-order valence-electron chi connectivity index (χ0n) is 8.71. The summed E-state index contributed by atoms with van der Waals surface area (Å²) in [6, 6.07) is 6.81. The number of aromatic nitrogens is 2. The summed E-state index contributed by atoms with van der Waals surface area (Å²) in [4.78, 5) is 17.6. The molecular formula is C10H5Cl2N3O3. The Balaban J connectivity index is 2.20. The van der Waals surface area contributed by atoms with Crippen LogP contribution in [0.1, 0.15) is 0 Å². The fraction of sp³-hybridized carbons (Fsp3) is 0. The van der Waals surface area contributed by atoms with Gasteiger partial charge < -0.3 is 4.74 Å². The highest BCUT2D eigenvalue weighted by molar-refractivity contribution is 6.33. The summed E-state index contributed by atoms with van der Waals surface area (Å²) >= 11 is 11.4. The normalized spacial score (nSPS) is 10.1. The van der Waals surface area contributed by atoms with Crippen LogP contribution in [0.4, 0.5) is 5.69 Å². The minimum Gasteiger partial charge on any atom is -0.424 e. The van der Waals surface area contributed by atoms with Crippen LogP contribution >= 0.6 is 23.2 Å². The highest BCUT2D eigenvalue weighted by Crippen LogP contribution is 2.23. The van der Waals surface area contributed by atoms with Crippen molar-refractivity contribution >= 4 is 28.9 Å². The third-order valence-corrected chi connectivity index (χ3v) is 2.29. The van der Waals surface area contributed by atoms with E-state index in [1.54, 1.807) is 0 Å². The number of hydrogen-bond acceptors (Lipinski definition) is 5. The molecule has 18 heavy (non-hydrogen) atoms. The predicted octanol–water partition coefficient (Wildman–Crippen LogP) is 3.48. The molecule has 2 rings (SSSR count). The molecule has 0 radical (unpaired) electrons. The van der Waals surface area contributed by atoms with Crippen molar-refractivity contribution in [2.24, 2.45) is 0 Å². The van der Waals surface area contributed by atoms with Gasteiger partial charge in [0.1, 0.15) is 16.1 Å². The second kappa shape index (κ2) is 5.16. The molecular weight excluding hydrogens is 281 g/mol. The van der Waals surface area contributed by atoms with Crippen molar-refractivity contribution in [2.45, 2.75) is 0 Å². The lowest BCUT2D eigenvalue weighted by Crippen LogP contribution is -1.93. The Bertz CT molecular complexity index is 569. The summed E-state index contributed by atoms with van der Waals surface area (Å²) in [6.45, 7) is 0. The van der Waals surface area contributed by atoms with Crippen LogP contribution in [-0.2, 0) is 0 Å². The molecule has 0 atom stereocenters. The Kier molecular flexibility index (Phi) is 3.59. The van der Waals surface area contributed by atoms with Crippen LogP contribution in [-0.4, -0.2) is 14.9 Å². The van der Waals surface area contributed by atoms with Crippen LogP contribution < -0.4 is 4.74 Å². The van der Waals surface area contributed by atoms with Gasteiger partial charge >= 0.3 is 6.01 Å². The van der Waals surface area contributed by atoms with Crippen LogP contribution in [0.3, 0.4) is 0 Å². The molecule has 8 heteroatoms. The van der Waals surface area contributed by atoms with Crippen molar-refractivity contribution in [1.29, 1.82) is 0 Å². The molecule has 1 heterocycles. The third-order valence-electron chi connectivity index (χ3n) is 1.90. The van der Waals surface area contributed by atoms with Crippen LogP contribution in [0.5, 0.6) is 11.8 Å². The molecule has 0 spiro atoms. The zero-order valence-corrected chi connectivity index (χ0v) is 10.2. The van der Waals surface area contributed by atoms with E-state index in [4.69, 9.17) is 27.9 Å². The predicted molar refractivity (Wildman–Crippen MR) is 65.2 cm³/mol. The van der Waals surface area contributed by atoms with Gasteiger partial charge in [-0.25, -0.2) is 0 Å². The van der Waals surface area contributed by atoms with Crippen LogP contribution in [0.25, 0.3) is 0 Å². The lowest BCUT2D eigenvalue weighted by Gasteiger charge is -2.03. The molecule has 1 aromatic carbocycles. The summed E-state index contributed by atoms with van der Waals surface area (Å²) in [5.41, 5.74) is -0.0348. The van der Waals surface area contributed by atoms with E-state index in [1.807, 2.05) is 0 Å². The van der Waals surface area contributed by atoms with E-state index in [9.17, 15) is 10.1 Å². The first kappa shape index (κ1) is 12.5. The molecule has 0 amide bonds. The van der Waals surface area contributed by atoms with Crippen molar-refractivity contribution in [3.8, 4) is 11.8 Å². The Morgan fingerprint density at radius 3 is 2.17 bits per heavy atom. The average Bonchev–Trinajstić information content (AvgIpc) is 2.28. The maximum atomic E-state index is 10.5. The fourth-order valence-corrected chi connectivity index (χ4v) is 1.56. The highest BCUT2D eigenvalue weighted by atomic mass is 35.5. The van der Waals surface area contributed by atoms with E-state index >= 15 is 0 Å². The van der Waals surface area contributed by atoms with E-state index in [-0.39, 0.29) is 22.0 Å². The topological polar surface area (TPSA) is 78.2 Å². The monoisotopic (exact) mass is 285 g/mol. The van der Waals surface area contributed by atoms with Gasteiger partial charge in [-0.05, 0) is 12.1 Å². The van der Waals surface area contributed by atoms with Gasteiger partial charge in [0.05, 0.1) is 4.92 Å². The number of nitrogens with zero attached hydrogens (tertiary/aromatic N) is 3. The maximum absolute atomic E-state index is 10.5. The number of ether oxygens (including phenoxy) is 1. The van der Waals surface area contributed by atoms with E-state index in [1.165, 1.54) is 30.3 Å². The highest BCUT2D eigenvalue weighted by Gasteiger charge is 2.07. The van der Waals surface area contributed by atoms with Gasteiger partial charge in [-0.3, -0.25) is 10.1 Å². The van der Waals surface area contributed by atoms with E-state index in [2.05, 4.69) is 9.97 Å². The molecule has 0 aliphatic rings. The molecule has 0 saturated heterocycles. The molecule has 0 unspecified atom stereocenters. The van der Waals surface area contributed by atoms with E-state index in [0.29, 0.717) is 5.75 Å². The number of halogens is 2. The molecule has 2 aromatic rings. The first-order valence-electron chi connectivity index (χ1n) is 4.67. The quantitative estimate of drug-likeness (QED) is 0.490. The van der Waals surface area contributed by atoms with Gasteiger partial charge in [0.2, 0.25) is 0 Å². The maximum Gasteiger partial charge on any atom is 0.324 e. The molecule has 6 nitrogen and oxygen atoms in total. The fourth-order valence-electron chi connectivity index (χ4n) is 1.16. The first-order valence-corrected chi connectivity index (χ1v) is 5.42. The Hall–Kier alpha value is -1.92. The van der Waals surface area contributed by atoms with E-state index in [0.717, 1.165) is 0 Å². The number of nitro benzene ring substituents is 1. The second-order valence-corrected chi connectivity index (χ2v) is 3.92. The minimum atomic E-state index is -0.503. The Labute approximate surface area is 111 Å². The zero-order chi connectivity index (χ0) is 13.1. The summed E-state index contributed by atoms with van der Waals surface area (Å²) < 4.78 is 5.26. The molecule has 0 aliphatic heterocycles. The van der Waals surface area contributed by atoms with Crippen molar-refractivity contribution in [1.82, 2.24) is 9.97 Å². The van der Waals surface area contributed by atoms with Gasteiger partial charge in [-0.15, -0.1) is 0 Å². The van der Waals surface area contributed by atoms with Gasteiger partial charge in [0.15, 0.2) is 0 Å². The number of benzene rings is 1. The van der Waals surface area contributed by atoms with Crippen LogP contribution in [0.2, 0.25) is 10.3 Å². The SMILES string of the molecule is O=[N+]([O-])c1ccc(Oc2nc(Cl)cc(Cl)n2)cc1. The smallest absolute Gasteiger partial charge is 0.324 e. The molecule has 0 fully saturated rings. The van der Waals surface area contributed by atoms with Gasteiger partial charge in [-0.1, -0.05) is 23.2 Å². The number of rotatable bonds is 3. The van der Waals surface area contributed by atoms with Crippen LogP contribution in [0.15, 0.2) is 30.3 Å².